The molecule has 0 unspecified atom stereocenters. The van der Waals surface area contributed by atoms with Crippen molar-refractivity contribution < 1.29 is 87.9 Å². The number of rotatable bonds is 32. The Bertz CT molecular complexity index is 2230. The Hall–Kier alpha value is -7.71. The zero-order valence-electron chi connectivity index (χ0n) is 42.7. The van der Waals surface area contributed by atoms with Crippen molar-refractivity contribution in [2.24, 2.45) is 11.8 Å². The summed E-state index contributed by atoms with van der Waals surface area (Å²) in [5, 5.41) is 67.5. The molecule has 0 bridgehead atoms. The van der Waals surface area contributed by atoms with Crippen LogP contribution in [0.5, 0.6) is 0 Å². The maximum Gasteiger partial charge on any atom is 0.326 e. The van der Waals surface area contributed by atoms with Gasteiger partial charge in [-0.1, -0.05) is 58.0 Å². The molecule has 1 aliphatic rings. The molecule has 1 fully saturated rings. The fraction of sp³-hybridized carbons (Fsp3) is 0.604. The van der Waals surface area contributed by atoms with E-state index < -0.39 is 170 Å². The Labute approximate surface area is 432 Å². The standard InChI is InChI=1S/C48H71N9O18/c1-24(2)19-31(50-27(6)59)43(69)54-33(22-39(65)66)47(73)57-18-10-13-35(57)45(71)52-30(15-17-38(63)64)42(68)56-40(26(5)58)46(72)49-23-36(60)51-29(14-16-37(61)62)41(67)53-32(21-28-11-8-7-9-12-28)44(70)55-34(48(74)75)20-25(3)4/h7-9,11-12,24-26,29-35,40,58H,10,13-23H2,1-6H3,(H,49,72)(H,50,59)(H,51,60)(H,52,71)(H,53,67)(H,54,69)(H,55,70)(H,56,68)(H,61,62)(H,63,64)(H,65,66)(H,74,75)/t26-,29+,30+,31+,32+,33+,34+,35+,40+/m1/s1. The average Bonchev–Trinajstić information content (AvgIpc) is 3.81. The lowest BCUT2D eigenvalue weighted by atomic mass is 10.0. The molecule has 27 heteroatoms. The lowest BCUT2D eigenvalue weighted by Gasteiger charge is -2.30. The quantitative estimate of drug-likeness (QED) is 0.0355. The van der Waals surface area contributed by atoms with Gasteiger partial charge in [-0.15, -0.1) is 0 Å². The number of nitrogens with one attached hydrogen (secondary N) is 8. The first-order valence-electron chi connectivity index (χ1n) is 24.4. The highest BCUT2D eigenvalue weighted by molar-refractivity contribution is 5.99. The van der Waals surface area contributed by atoms with Crippen LogP contribution in [0.3, 0.4) is 0 Å². The van der Waals surface area contributed by atoms with Crippen LogP contribution in [0.15, 0.2) is 30.3 Å². The SMILES string of the molecule is CC(=O)N[C@@H](CC(C)C)C(=O)N[C@@H](CC(=O)O)C(=O)N1CCC[C@H]1C(=O)N[C@@H](CCC(=O)O)C(=O)N[C@H](C(=O)NCC(=O)N[C@@H](CCC(=O)O)C(=O)N[C@@H](Cc1ccccc1)C(=O)N[C@@H](CC(C)C)C(=O)O)[C@@H](C)O. The molecule has 9 amide bonds. The number of hydrogen-bond donors (Lipinski definition) is 13. The van der Waals surface area contributed by atoms with E-state index in [1.807, 2.05) is 0 Å². The van der Waals surface area contributed by atoms with E-state index in [9.17, 15) is 87.9 Å². The molecule has 1 aromatic carbocycles. The summed E-state index contributed by atoms with van der Waals surface area (Å²) >= 11 is 0. The van der Waals surface area contributed by atoms with Crippen LogP contribution in [0.1, 0.15) is 105 Å². The molecule has 27 nitrogen and oxygen atoms in total. The van der Waals surface area contributed by atoms with Crippen molar-refractivity contribution in [2.45, 2.75) is 160 Å². The highest BCUT2D eigenvalue weighted by Gasteiger charge is 2.41. The topological polar surface area (TPSA) is 423 Å². The summed E-state index contributed by atoms with van der Waals surface area (Å²) in [4.78, 5) is 168. The number of amides is 9. The van der Waals surface area contributed by atoms with Gasteiger partial charge >= 0.3 is 23.9 Å². The van der Waals surface area contributed by atoms with Crippen molar-refractivity contribution in [3.8, 4) is 0 Å². The van der Waals surface area contributed by atoms with Gasteiger partial charge in [-0.05, 0) is 62.8 Å². The number of carboxylic acid groups (broad SMARTS) is 4. The third-order valence-corrected chi connectivity index (χ3v) is 11.5. The number of aliphatic hydroxyl groups excluding tert-OH is 1. The number of hydrogen-bond acceptors (Lipinski definition) is 14. The number of carbonyl (C=O) groups excluding carboxylic acids is 9. The van der Waals surface area contributed by atoms with E-state index in [4.69, 9.17) is 0 Å². The van der Waals surface area contributed by atoms with Crippen LogP contribution < -0.4 is 42.5 Å². The third-order valence-electron chi connectivity index (χ3n) is 11.5. The van der Waals surface area contributed by atoms with Crippen LogP contribution in [-0.2, 0) is 68.7 Å². The minimum atomic E-state index is -1.88. The van der Waals surface area contributed by atoms with E-state index in [0.29, 0.717) is 5.56 Å². The van der Waals surface area contributed by atoms with Gasteiger partial charge in [-0.2, -0.15) is 0 Å². The van der Waals surface area contributed by atoms with Crippen LogP contribution >= 0.6 is 0 Å². The Morgan fingerprint density at radius 2 is 1.09 bits per heavy atom. The molecule has 1 aliphatic heterocycles. The molecule has 0 spiro atoms. The van der Waals surface area contributed by atoms with Crippen LogP contribution in [-0.4, -0.2) is 175 Å². The lowest BCUT2D eigenvalue weighted by molar-refractivity contribution is -0.146. The number of aliphatic carboxylic acids is 4. The molecular weight excluding hydrogens is 991 g/mol. The molecule has 0 saturated carbocycles. The van der Waals surface area contributed by atoms with Gasteiger partial charge in [0.25, 0.3) is 0 Å². The predicted molar refractivity (Wildman–Crippen MR) is 261 cm³/mol. The van der Waals surface area contributed by atoms with E-state index in [1.54, 1.807) is 58.0 Å². The Morgan fingerprint density at radius 3 is 1.61 bits per heavy atom. The Morgan fingerprint density at radius 1 is 0.587 bits per heavy atom. The van der Waals surface area contributed by atoms with E-state index in [1.165, 1.54) is 6.92 Å². The highest BCUT2D eigenvalue weighted by Crippen LogP contribution is 2.21. The first-order valence-corrected chi connectivity index (χ1v) is 24.4. The molecule has 0 aromatic heterocycles. The Balaban J connectivity index is 2.27. The van der Waals surface area contributed by atoms with Crippen molar-refractivity contribution in [3.05, 3.63) is 35.9 Å². The van der Waals surface area contributed by atoms with Gasteiger partial charge < -0.3 is 73.0 Å². The zero-order valence-corrected chi connectivity index (χ0v) is 42.7. The first kappa shape index (κ1) is 63.4. The monoisotopic (exact) mass is 1060 g/mol. The third kappa shape index (κ3) is 22.9. The largest absolute Gasteiger partial charge is 0.481 e. The number of benzene rings is 1. The lowest BCUT2D eigenvalue weighted by Crippen LogP contribution is -2.60. The second-order valence-corrected chi connectivity index (χ2v) is 19.0. The van der Waals surface area contributed by atoms with Gasteiger partial charge in [-0.25, -0.2) is 4.79 Å². The predicted octanol–water partition coefficient (Wildman–Crippen LogP) is -2.49. The normalized spacial score (nSPS) is 16.3. The van der Waals surface area contributed by atoms with E-state index in [-0.39, 0.29) is 50.5 Å². The van der Waals surface area contributed by atoms with Gasteiger partial charge in [0, 0.05) is 32.7 Å². The molecule has 75 heavy (non-hydrogen) atoms. The van der Waals surface area contributed by atoms with Gasteiger partial charge in [0.05, 0.1) is 19.1 Å². The zero-order chi connectivity index (χ0) is 56.7. The summed E-state index contributed by atoms with van der Waals surface area (Å²) < 4.78 is 0. The second kappa shape index (κ2) is 31.1. The van der Waals surface area contributed by atoms with Crippen molar-refractivity contribution in [3.63, 3.8) is 0 Å². The summed E-state index contributed by atoms with van der Waals surface area (Å²) in [6.07, 6.45) is -4.90. The van der Waals surface area contributed by atoms with Gasteiger partial charge in [0.2, 0.25) is 53.2 Å². The van der Waals surface area contributed by atoms with Crippen molar-refractivity contribution >= 4 is 77.0 Å². The fourth-order valence-corrected chi connectivity index (χ4v) is 7.92. The molecule has 2 rings (SSSR count). The summed E-state index contributed by atoms with van der Waals surface area (Å²) in [5.74, 6) is -14.7. The van der Waals surface area contributed by atoms with Gasteiger partial charge in [-0.3, -0.25) is 57.5 Å². The molecular formula is C48H71N9O18. The summed E-state index contributed by atoms with van der Waals surface area (Å²) in [6.45, 7) is 8.21. The van der Waals surface area contributed by atoms with Crippen molar-refractivity contribution in [2.75, 3.05) is 13.1 Å². The first-order chi connectivity index (χ1) is 35.1. The number of carbonyl (C=O) groups is 13. The van der Waals surface area contributed by atoms with Crippen molar-refractivity contribution in [1.29, 1.82) is 0 Å². The minimum absolute atomic E-state index is 0.0186. The smallest absolute Gasteiger partial charge is 0.326 e. The summed E-state index contributed by atoms with van der Waals surface area (Å²) in [6, 6.07) is -3.92. The van der Waals surface area contributed by atoms with Crippen LogP contribution in [0.25, 0.3) is 0 Å². The van der Waals surface area contributed by atoms with Crippen LogP contribution in [0, 0.1) is 11.8 Å². The number of aliphatic hydroxyl groups is 1. The van der Waals surface area contributed by atoms with Crippen LogP contribution in [0.2, 0.25) is 0 Å². The number of nitrogens with zero attached hydrogens (tertiary/aromatic N) is 1. The van der Waals surface area contributed by atoms with E-state index in [2.05, 4.69) is 42.5 Å². The molecule has 0 radical (unpaired) electrons. The molecule has 13 N–H and O–H groups in total. The van der Waals surface area contributed by atoms with Gasteiger partial charge in [0.1, 0.15) is 48.3 Å². The average molecular weight is 1060 g/mol. The molecule has 9 atom stereocenters. The van der Waals surface area contributed by atoms with Crippen LogP contribution in [0.4, 0.5) is 0 Å². The minimum Gasteiger partial charge on any atom is -0.481 e. The maximum atomic E-state index is 13.8. The van der Waals surface area contributed by atoms with Gasteiger partial charge in [0.15, 0.2) is 0 Å². The molecule has 1 aromatic rings. The Kier molecular flexibility index (Phi) is 26.3. The molecule has 1 heterocycles. The summed E-state index contributed by atoms with van der Waals surface area (Å²) in [5.41, 5.74) is 0.550. The molecule has 0 aliphatic carbocycles. The highest BCUT2D eigenvalue weighted by atomic mass is 16.4. The van der Waals surface area contributed by atoms with Crippen molar-refractivity contribution in [1.82, 2.24) is 47.4 Å². The van der Waals surface area contributed by atoms with E-state index >= 15 is 0 Å². The second-order valence-electron chi connectivity index (χ2n) is 19.0. The molecule has 1 saturated heterocycles. The summed E-state index contributed by atoms with van der Waals surface area (Å²) in [7, 11) is 0. The number of carboxylic acids is 4. The maximum absolute atomic E-state index is 13.8. The molecule has 416 valence electrons. The fourth-order valence-electron chi connectivity index (χ4n) is 7.92. The van der Waals surface area contributed by atoms with E-state index in [0.717, 1.165) is 11.8 Å². The number of likely N-dealkylation sites (tertiary alicyclic amines) is 1.